The van der Waals surface area contributed by atoms with E-state index in [1.54, 1.807) is 36.4 Å². The average molecular weight is 514 g/mol. The number of carbonyl (C=O) groups is 1. The topological polar surface area (TPSA) is 97.3 Å². The molecule has 0 aromatic heterocycles. The van der Waals surface area contributed by atoms with Crippen molar-refractivity contribution in [3.05, 3.63) is 84.2 Å². The fraction of sp³-hybridized carbons (Fsp3) is 0.231. The smallest absolute Gasteiger partial charge is 0.264 e. The Morgan fingerprint density at radius 3 is 2.39 bits per heavy atom. The van der Waals surface area contributed by atoms with Crippen molar-refractivity contribution in [2.45, 2.75) is 25.2 Å². The Labute approximate surface area is 210 Å². The number of hydrogen-bond acceptors (Lipinski definition) is 6. The molecule has 3 aromatic carbocycles. The van der Waals surface area contributed by atoms with Crippen molar-refractivity contribution in [2.75, 3.05) is 24.1 Å². The molecule has 0 bridgehead atoms. The summed E-state index contributed by atoms with van der Waals surface area (Å²) in [7, 11) is -4.10. The van der Waals surface area contributed by atoms with Crippen LogP contribution in [0.4, 0.5) is 10.1 Å². The van der Waals surface area contributed by atoms with Gasteiger partial charge in [0.15, 0.2) is 11.5 Å². The van der Waals surface area contributed by atoms with Gasteiger partial charge in [-0.2, -0.15) is 5.10 Å². The van der Waals surface area contributed by atoms with E-state index in [-0.39, 0.29) is 10.6 Å². The minimum absolute atomic E-state index is 0.000499. The number of hydrogen-bond donors (Lipinski definition) is 1. The molecule has 0 unspecified atom stereocenters. The fourth-order valence-electron chi connectivity index (χ4n) is 3.19. The second-order valence-corrected chi connectivity index (χ2v) is 9.44. The molecule has 0 saturated heterocycles. The molecule has 3 rings (SSSR count). The van der Waals surface area contributed by atoms with Crippen LogP contribution in [0.1, 0.15) is 25.8 Å². The standard InChI is InChI=1S/C26H28FN3O5S/c1-3-16-35-24-15-10-20(17-25(24)34-4-2)18-28-29-26(31)19-30(22-13-11-21(27)12-14-22)36(32,33)23-8-6-5-7-9-23/h5-15,17-18H,3-4,16,19H2,1-2H3,(H,29,31)/b28-18-. The maximum Gasteiger partial charge on any atom is 0.264 e. The molecule has 0 spiro atoms. The predicted molar refractivity (Wildman–Crippen MR) is 137 cm³/mol. The summed E-state index contributed by atoms with van der Waals surface area (Å²) in [5, 5.41) is 3.95. The molecule has 10 heteroatoms. The summed E-state index contributed by atoms with van der Waals surface area (Å²) in [6.45, 7) is 4.32. The summed E-state index contributed by atoms with van der Waals surface area (Å²) in [5.41, 5.74) is 3.14. The highest BCUT2D eigenvalue weighted by Crippen LogP contribution is 2.28. The Balaban J connectivity index is 1.76. The lowest BCUT2D eigenvalue weighted by molar-refractivity contribution is -0.119. The van der Waals surface area contributed by atoms with Gasteiger partial charge in [0, 0.05) is 0 Å². The molecule has 0 saturated carbocycles. The van der Waals surface area contributed by atoms with Gasteiger partial charge in [-0.1, -0.05) is 25.1 Å². The third kappa shape index (κ3) is 7.05. The van der Waals surface area contributed by atoms with Crippen LogP contribution in [0.15, 0.2) is 82.8 Å². The van der Waals surface area contributed by atoms with Crippen LogP contribution < -0.4 is 19.2 Å². The monoisotopic (exact) mass is 513 g/mol. The largest absolute Gasteiger partial charge is 0.490 e. The average Bonchev–Trinajstić information content (AvgIpc) is 2.88. The number of sulfonamides is 1. The van der Waals surface area contributed by atoms with Gasteiger partial charge >= 0.3 is 0 Å². The number of rotatable bonds is 12. The first-order chi connectivity index (χ1) is 17.3. The number of anilines is 1. The zero-order chi connectivity index (χ0) is 26.0. The van der Waals surface area contributed by atoms with E-state index < -0.39 is 28.3 Å². The lowest BCUT2D eigenvalue weighted by Crippen LogP contribution is -2.39. The third-order valence-electron chi connectivity index (χ3n) is 4.87. The van der Waals surface area contributed by atoms with Gasteiger partial charge in [-0.15, -0.1) is 0 Å². The summed E-state index contributed by atoms with van der Waals surface area (Å²) in [6.07, 6.45) is 2.27. The Kier molecular flexibility index (Phi) is 9.40. The molecule has 0 atom stereocenters. The van der Waals surface area contributed by atoms with E-state index in [0.29, 0.717) is 30.3 Å². The Morgan fingerprint density at radius 2 is 1.72 bits per heavy atom. The first-order valence-electron chi connectivity index (χ1n) is 11.4. The molecule has 1 N–H and O–H groups in total. The second kappa shape index (κ2) is 12.7. The molecule has 0 fully saturated rings. The summed E-state index contributed by atoms with van der Waals surface area (Å²) >= 11 is 0. The third-order valence-corrected chi connectivity index (χ3v) is 6.65. The van der Waals surface area contributed by atoms with Crippen molar-refractivity contribution >= 4 is 27.8 Å². The Hall–Kier alpha value is -3.92. The SMILES string of the molecule is CCCOc1ccc(/C=N\NC(=O)CN(c2ccc(F)cc2)S(=O)(=O)c2ccccc2)cc1OCC. The molecular weight excluding hydrogens is 485 g/mol. The van der Waals surface area contributed by atoms with E-state index in [1.165, 1.54) is 30.5 Å². The highest BCUT2D eigenvalue weighted by Gasteiger charge is 2.27. The van der Waals surface area contributed by atoms with Crippen LogP contribution in [0.25, 0.3) is 0 Å². The van der Waals surface area contributed by atoms with Gasteiger partial charge in [0.05, 0.1) is 30.0 Å². The lowest BCUT2D eigenvalue weighted by Gasteiger charge is -2.23. The number of hydrazone groups is 1. The highest BCUT2D eigenvalue weighted by atomic mass is 32.2. The van der Waals surface area contributed by atoms with Crippen molar-refractivity contribution in [1.29, 1.82) is 0 Å². The van der Waals surface area contributed by atoms with Gasteiger partial charge in [-0.3, -0.25) is 9.10 Å². The van der Waals surface area contributed by atoms with Gasteiger partial charge in [-0.05, 0) is 73.5 Å². The number of nitrogens with zero attached hydrogens (tertiary/aromatic N) is 2. The van der Waals surface area contributed by atoms with Crippen LogP contribution in [0.5, 0.6) is 11.5 Å². The number of halogens is 1. The molecular formula is C26H28FN3O5S. The molecule has 190 valence electrons. The fourth-order valence-corrected chi connectivity index (χ4v) is 4.63. The summed E-state index contributed by atoms with van der Waals surface area (Å²) < 4.78 is 52.1. The quantitative estimate of drug-likeness (QED) is 0.287. The number of benzene rings is 3. The van der Waals surface area contributed by atoms with Gasteiger partial charge in [0.1, 0.15) is 12.4 Å². The van der Waals surface area contributed by atoms with Crippen molar-refractivity contribution in [3.63, 3.8) is 0 Å². The Bertz CT molecular complexity index is 1280. The molecule has 1 amide bonds. The van der Waals surface area contributed by atoms with Crippen LogP contribution >= 0.6 is 0 Å². The highest BCUT2D eigenvalue weighted by molar-refractivity contribution is 7.92. The van der Waals surface area contributed by atoms with E-state index in [1.807, 2.05) is 13.8 Å². The molecule has 0 radical (unpaired) electrons. The van der Waals surface area contributed by atoms with E-state index in [0.717, 1.165) is 22.9 Å². The minimum atomic E-state index is -4.10. The van der Waals surface area contributed by atoms with E-state index >= 15 is 0 Å². The minimum Gasteiger partial charge on any atom is -0.490 e. The van der Waals surface area contributed by atoms with E-state index in [9.17, 15) is 17.6 Å². The molecule has 36 heavy (non-hydrogen) atoms. The van der Waals surface area contributed by atoms with Crippen molar-refractivity contribution in [3.8, 4) is 11.5 Å². The number of nitrogens with one attached hydrogen (secondary N) is 1. The molecule has 3 aromatic rings. The lowest BCUT2D eigenvalue weighted by atomic mass is 10.2. The van der Waals surface area contributed by atoms with Crippen LogP contribution in [0.3, 0.4) is 0 Å². The Morgan fingerprint density at radius 1 is 1.00 bits per heavy atom. The van der Waals surface area contributed by atoms with E-state index in [4.69, 9.17) is 9.47 Å². The molecule has 0 aliphatic carbocycles. The molecule has 8 nitrogen and oxygen atoms in total. The van der Waals surface area contributed by atoms with Crippen molar-refractivity contribution in [1.82, 2.24) is 5.43 Å². The zero-order valence-corrected chi connectivity index (χ0v) is 20.9. The maximum absolute atomic E-state index is 13.4. The van der Waals surface area contributed by atoms with Gasteiger partial charge < -0.3 is 9.47 Å². The first kappa shape index (κ1) is 26.7. The second-order valence-electron chi connectivity index (χ2n) is 7.58. The van der Waals surface area contributed by atoms with Crippen LogP contribution in [0.2, 0.25) is 0 Å². The van der Waals surface area contributed by atoms with Crippen molar-refractivity contribution in [2.24, 2.45) is 5.10 Å². The van der Waals surface area contributed by atoms with E-state index in [2.05, 4.69) is 10.5 Å². The normalized spacial score (nSPS) is 11.3. The van der Waals surface area contributed by atoms with Gasteiger partial charge in [0.25, 0.3) is 15.9 Å². The molecule has 0 heterocycles. The van der Waals surface area contributed by atoms with Crippen LogP contribution in [-0.4, -0.2) is 40.3 Å². The molecule has 0 aliphatic rings. The first-order valence-corrected chi connectivity index (χ1v) is 12.8. The van der Waals surface area contributed by atoms with Crippen molar-refractivity contribution < 1.29 is 27.1 Å². The van der Waals surface area contributed by atoms with Crippen LogP contribution in [-0.2, 0) is 14.8 Å². The van der Waals surface area contributed by atoms with Crippen LogP contribution in [0, 0.1) is 5.82 Å². The summed E-state index contributed by atoms with van der Waals surface area (Å²) in [4.78, 5) is 12.7. The predicted octanol–water partition coefficient (Wildman–Crippen LogP) is 4.36. The van der Waals surface area contributed by atoms with Gasteiger partial charge in [0.2, 0.25) is 0 Å². The van der Waals surface area contributed by atoms with Gasteiger partial charge in [-0.25, -0.2) is 18.2 Å². The number of carbonyl (C=O) groups excluding carboxylic acids is 1. The zero-order valence-electron chi connectivity index (χ0n) is 20.1. The number of ether oxygens (including phenoxy) is 2. The molecule has 0 aliphatic heterocycles. The summed E-state index contributed by atoms with van der Waals surface area (Å²) in [5.74, 6) is -0.0379. The number of amides is 1. The maximum atomic E-state index is 13.4. The summed E-state index contributed by atoms with van der Waals surface area (Å²) in [6, 6.07) is 17.8.